The highest BCUT2D eigenvalue weighted by atomic mass is 32.1. The molecular formula is C26H27NS2. The summed E-state index contributed by atoms with van der Waals surface area (Å²) in [6, 6.07) is 15.3. The number of allylic oxidation sites excluding steroid dienone is 5. The van der Waals surface area contributed by atoms with Crippen molar-refractivity contribution in [3.05, 3.63) is 93.5 Å². The summed E-state index contributed by atoms with van der Waals surface area (Å²) in [5.74, 6) is 0. The Morgan fingerprint density at radius 2 is 1.76 bits per heavy atom. The molecule has 0 bridgehead atoms. The molecule has 0 aliphatic carbocycles. The average molecular weight is 418 g/mol. The molecule has 2 aromatic heterocycles. The fourth-order valence-electron chi connectivity index (χ4n) is 2.99. The molecule has 0 fully saturated rings. The number of thiophene rings is 2. The van der Waals surface area contributed by atoms with Gasteiger partial charge in [-0.1, -0.05) is 36.9 Å². The molecule has 0 amide bonds. The predicted octanol–water partition coefficient (Wildman–Crippen LogP) is 8.53. The Bertz CT molecular complexity index is 1060. The van der Waals surface area contributed by atoms with E-state index in [0.29, 0.717) is 0 Å². The van der Waals surface area contributed by atoms with Gasteiger partial charge in [0.15, 0.2) is 0 Å². The lowest BCUT2D eigenvalue weighted by molar-refractivity contribution is 1.21. The largest absolute Gasteiger partial charge is 0.385 e. The van der Waals surface area contributed by atoms with E-state index in [9.17, 15) is 0 Å². The van der Waals surface area contributed by atoms with E-state index in [-0.39, 0.29) is 0 Å². The molecule has 148 valence electrons. The van der Waals surface area contributed by atoms with Crippen molar-refractivity contribution in [2.24, 2.45) is 0 Å². The van der Waals surface area contributed by atoms with Gasteiger partial charge in [-0.25, -0.2) is 0 Å². The van der Waals surface area contributed by atoms with Gasteiger partial charge in [-0.15, -0.1) is 22.7 Å². The lowest BCUT2D eigenvalue weighted by Gasteiger charge is -2.12. The van der Waals surface area contributed by atoms with Gasteiger partial charge in [0.25, 0.3) is 0 Å². The smallest absolute Gasteiger partial charge is 0.0419 e. The van der Waals surface area contributed by atoms with Crippen LogP contribution >= 0.6 is 22.7 Å². The Kier molecular flexibility index (Phi) is 7.45. The van der Waals surface area contributed by atoms with E-state index < -0.39 is 0 Å². The molecule has 0 saturated carbocycles. The first-order valence-electron chi connectivity index (χ1n) is 9.82. The van der Waals surface area contributed by atoms with Crippen LogP contribution in [0.4, 0.5) is 5.69 Å². The summed E-state index contributed by atoms with van der Waals surface area (Å²) < 4.78 is 0. The summed E-state index contributed by atoms with van der Waals surface area (Å²) in [6.45, 7) is 11.4. The summed E-state index contributed by atoms with van der Waals surface area (Å²) in [4.78, 5) is 5.16. The Balaban J connectivity index is 1.87. The highest BCUT2D eigenvalue weighted by molar-refractivity contribution is 7.16. The minimum absolute atomic E-state index is 0.883. The van der Waals surface area contributed by atoms with Gasteiger partial charge in [-0.2, -0.15) is 0 Å². The fourth-order valence-corrected chi connectivity index (χ4v) is 4.67. The minimum atomic E-state index is 0.883. The van der Waals surface area contributed by atoms with Gasteiger partial charge < -0.3 is 5.32 Å². The van der Waals surface area contributed by atoms with Crippen molar-refractivity contribution in [3.8, 4) is 10.4 Å². The van der Waals surface area contributed by atoms with Crippen LogP contribution in [0.1, 0.15) is 34.0 Å². The number of anilines is 1. The maximum Gasteiger partial charge on any atom is 0.0419 e. The molecule has 0 aliphatic heterocycles. The third kappa shape index (κ3) is 5.69. The third-order valence-electron chi connectivity index (χ3n) is 4.42. The third-order valence-corrected chi connectivity index (χ3v) is 6.48. The van der Waals surface area contributed by atoms with Gasteiger partial charge in [-0.05, 0) is 80.5 Å². The molecule has 3 heteroatoms. The summed E-state index contributed by atoms with van der Waals surface area (Å²) in [6.07, 6.45) is 12.5. The van der Waals surface area contributed by atoms with Crippen LogP contribution in [-0.4, -0.2) is 6.54 Å². The van der Waals surface area contributed by atoms with Gasteiger partial charge in [0.1, 0.15) is 0 Å². The molecule has 0 aliphatic rings. The van der Waals surface area contributed by atoms with E-state index in [1.54, 1.807) is 0 Å². The highest BCUT2D eigenvalue weighted by Crippen LogP contribution is 2.34. The Hall–Kier alpha value is -2.62. The number of rotatable bonds is 8. The quantitative estimate of drug-likeness (QED) is 0.362. The molecule has 0 radical (unpaired) electrons. The van der Waals surface area contributed by atoms with Crippen molar-refractivity contribution in [2.75, 3.05) is 11.9 Å². The van der Waals surface area contributed by atoms with Crippen LogP contribution < -0.4 is 5.32 Å². The maximum absolute atomic E-state index is 4.28. The standard InChI is InChI=1S/C26H27NS2/c1-5-7-8-9-19(3)24-18-21(11-16-25(24)27-6-2)26-17-15-23(29-26)14-13-22-12-10-20(4)28-22/h5,7-18,27H,3,6H2,1-2,4H3/b7-5-,9-8-,14-13+. The zero-order valence-corrected chi connectivity index (χ0v) is 18.9. The fraction of sp³-hybridized carbons (Fsp3) is 0.154. The molecule has 29 heavy (non-hydrogen) atoms. The second kappa shape index (κ2) is 10.2. The van der Waals surface area contributed by atoms with E-state index in [1.807, 2.05) is 47.8 Å². The van der Waals surface area contributed by atoms with E-state index in [4.69, 9.17) is 0 Å². The van der Waals surface area contributed by atoms with Crippen molar-refractivity contribution in [1.29, 1.82) is 0 Å². The second-order valence-electron chi connectivity index (χ2n) is 6.68. The van der Waals surface area contributed by atoms with Gasteiger partial charge in [0.05, 0.1) is 0 Å². The lowest BCUT2D eigenvalue weighted by Crippen LogP contribution is -2.00. The summed E-state index contributed by atoms with van der Waals surface area (Å²) in [5.41, 5.74) is 4.49. The Labute approximate surface area is 182 Å². The molecule has 0 unspecified atom stereocenters. The molecule has 3 rings (SSSR count). The van der Waals surface area contributed by atoms with E-state index in [0.717, 1.165) is 23.4 Å². The molecular weight excluding hydrogens is 390 g/mol. The van der Waals surface area contributed by atoms with Crippen LogP contribution in [0.2, 0.25) is 0 Å². The molecule has 1 nitrogen and oxygen atoms in total. The van der Waals surface area contributed by atoms with Crippen LogP contribution in [0, 0.1) is 6.92 Å². The summed E-state index contributed by atoms with van der Waals surface area (Å²) in [7, 11) is 0. The normalized spacial score (nSPS) is 11.8. The summed E-state index contributed by atoms with van der Waals surface area (Å²) in [5, 5.41) is 3.45. The lowest BCUT2D eigenvalue weighted by atomic mass is 10.0. The van der Waals surface area contributed by atoms with Gasteiger partial charge in [0, 0.05) is 37.3 Å². The number of hydrogen-bond donors (Lipinski definition) is 1. The van der Waals surface area contributed by atoms with Crippen molar-refractivity contribution < 1.29 is 0 Å². The predicted molar refractivity (Wildman–Crippen MR) is 135 cm³/mol. The van der Waals surface area contributed by atoms with E-state index in [1.165, 1.54) is 25.1 Å². The molecule has 0 spiro atoms. The SMILES string of the molecule is C=C(/C=C\C=C/C)c1cc(-c2ccc(/C=C/c3ccc(C)s3)s2)ccc1NCC. The second-order valence-corrected chi connectivity index (χ2v) is 9.12. The van der Waals surface area contributed by atoms with Crippen LogP contribution in [0.5, 0.6) is 0 Å². The molecule has 0 saturated heterocycles. The molecule has 0 atom stereocenters. The van der Waals surface area contributed by atoms with Crippen molar-refractivity contribution >= 4 is 46.1 Å². The Morgan fingerprint density at radius 1 is 1.00 bits per heavy atom. The maximum atomic E-state index is 4.28. The first kappa shape index (κ1) is 21.1. The summed E-state index contributed by atoms with van der Waals surface area (Å²) >= 11 is 3.63. The number of benzene rings is 1. The highest BCUT2D eigenvalue weighted by Gasteiger charge is 2.08. The van der Waals surface area contributed by atoms with Crippen molar-refractivity contribution in [1.82, 2.24) is 0 Å². The molecule has 3 aromatic rings. The van der Waals surface area contributed by atoms with Crippen molar-refractivity contribution in [3.63, 3.8) is 0 Å². The van der Waals surface area contributed by atoms with Gasteiger partial charge in [0.2, 0.25) is 0 Å². The number of hydrogen-bond acceptors (Lipinski definition) is 3. The minimum Gasteiger partial charge on any atom is -0.385 e. The number of aryl methyl sites for hydroxylation is 1. The van der Waals surface area contributed by atoms with Crippen LogP contribution in [0.25, 0.3) is 28.2 Å². The molecule has 2 heterocycles. The monoisotopic (exact) mass is 417 g/mol. The van der Waals surface area contributed by atoms with Crippen LogP contribution in [0.15, 0.2) is 73.3 Å². The topological polar surface area (TPSA) is 12.0 Å². The molecule has 1 aromatic carbocycles. The zero-order chi connectivity index (χ0) is 20.6. The first-order chi connectivity index (χ1) is 14.1. The average Bonchev–Trinajstić information content (AvgIpc) is 3.36. The van der Waals surface area contributed by atoms with E-state index >= 15 is 0 Å². The van der Waals surface area contributed by atoms with Crippen LogP contribution in [0.3, 0.4) is 0 Å². The van der Waals surface area contributed by atoms with Crippen LogP contribution in [-0.2, 0) is 0 Å². The first-order valence-corrected chi connectivity index (χ1v) is 11.4. The van der Waals surface area contributed by atoms with Gasteiger partial charge in [-0.3, -0.25) is 0 Å². The Morgan fingerprint density at radius 3 is 2.45 bits per heavy atom. The van der Waals surface area contributed by atoms with Gasteiger partial charge >= 0.3 is 0 Å². The zero-order valence-electron chi connectivity index (χ0n) is 17.2. The van der Waals surface area contributed by atoms with Crippen molar-refractivity contribution in [2.45, 2.75) is 20.8 Å². The molecule has 1 N–H and O–H groups in total. The van der Waals surface area contributed by atoms with E-state index in [2.05, 4.69) is 86.4 Å². The number of nitrogens with one attached hydrogen (secondary N) is 1.